The summed E-state index contributed by atoms with van der Waals surface area (Å²) >= 11 is 5.99. The standard InChI is InChI=1S/C9H7ClO3/c10-6-1-5(8-3-11-8)2-7-9(6)13-4-12-7/h1-2,8H,3-4H2/t8-/m0/s1. The Morgan fingerprint density at radius 1 is 1.31 bits per heavy atom. The van der Waals surface area contributed by atoms with Crippen molar-refractivity contribution in [2.24, 2.45) is 0 Å². The Morgan fingerprint density at radius 3 is 2.92 bits per heavy atom. The number of benzene rings is 1. The number of ether oxygens (including phenoxy) is 3. The van der Waals surface area contributed by atoms with Gasteiger partial charge in [-0.3, -0.25) is 0 Å². The fourth-order valence-corrected chi connectivity index (χ4v) is 1.69. The van der Waals surface area contributed by atoms with Gasteiger partial charge in [0.1, 0.15) is 6.10 Å². The summed E-state index contributed by atoms with van der Waals surface area (Å²) in [5.41, 5.74) is 1.06. The molecule has 1 aromatic carbocycles. The Labute approximate surface area is 80.2 Å². The molecule has 1 fully saturated rings. The van der Waals surface area contributed by atoms with E-state index in [1.807, 2.05) is 12.1 Å². The summed E-state index contributed by atoms with van der Waals surface area (Å²) in [6.45, 7) is 1.03. The minimum absolute atomic E-state index is 0.201. The smallest absolute Gasteiger partial charge is 0.231 e. The molecule has 0 spiro atoms. The SMILES string of the molecule is Clc1cc([C@@H]2CO2)cc2c1OCO2. The lowest BCUT2D eigenvalue weighted by Crippen LogP contribution is -1.93. The van der Waals surface area contributed by atoms with Crippen molar-refractivity contribution in [3.63, 3.8) is 0 Å². The van der Waals surface area contributed by atoms with Crippen molar-refractivity contribution in [2.75, 3.05) is 13.4 Å². The molecule has 0 bridgehead atoms. The molecule has 2 aliphatic heterocycles. The Kier molecular flexibility index (Phi) is 1.45. The third kappa shape index (κ3) is 1.16. The van der Waals surface area contributed by atoms with Gasteiger partial charge >= 0.3 is 0 Å². The number of rotatable bonds is 1. The zero-order valence-corrected chi connectivity index (χ0v) is 7.50. The van der Waals surface area contributed by atoms with Crippen molar-refractivity contribution in [3.8, 4) is 11.5 Å². The van der Waals surface area contributed by atoms with Gasteiger partial charge in [-0.25, -0.2) is 0 Å². The van der Waals surface area contributed by atoms with Gasteiger partial charge in [0.05, 0.1) is 11.6 Å². The van der Waals surface area contributed by atoms with E-state index in [1.54, 1.807) is 0 Å². The number of hydrogen-bond donors (Lipinski definition) is 0. The van der Waals surface area contributed by atoms with Gasteiger partial charge in [-0.05, 0) is 17.7 Å². The van der Waals surface area contributed by atoms with Gasteiger partial charge in [0, 0.05) is 0 Å². The molecule has 3 nitrogen and oxygen atoms in total. The van der Waals surface area contributed by atoms with E-state index >= 15 is 0 Å². The first-order chi connectivity index (χ1) is 6.34. The molecule has 0 radical (unpaired) electrons. The van der Waals surface area contributed by atoms with E-state index in [0.29, 0.717) is 10.8 Å². The molecule has 13 heavy (non-hydrogen) atoms. The van der Waals surface area contributed by atoms with Crippen LogP contribution in [0.5, 0.6) is 11.5 Å². The molecule has 0 amide bonds. The van der Waals surface area contributed by atoms with E-state index in [1.165, 1.54) is 0 Å². The fraction of sp³-hybridized carbons (Fsp3) is 0.333. The van der Waals surface area contributed by atoms with Gasteiger partial charge in [0.15, 0.2) is 11.5 Å². The molecule has 1 atom stereocenters. The van der Waals surface area contributed by atoms with Crippen LogP contribution in [0.2, 0.25) is 5.02 Å². The molecule has 3 rings (SSSR count). The summed E-state index contributed by atoms with van der Waals surface area (Å²) in [7, 11) is 0. The highest BCUT2D eigenvalue weighted by Crippen LogP contribution is 2.43. The van der Waals surface area contributed by atoms with Crippen molar-refractivity contribution >= 4 is 11.6 Å². The lowest BCUT2D eigenvalue weighted by atomic mass is 10.1. The Hall–Kier alpha value is -0.930. The van der Waals surface area contributed by atoms with E-state index in [4.69, 9.17) is 25.8 Å². The predicted octanol–water partition coefficient (Wildman–Crippen LogP) is 2.14. The first-order valence-electron chi connectivity index (χ1n) is 4.05. The topological polar surface area (TPSA) is 31.0 Å². The molecule has 0 aliphatic carbocycles. The van der Waals surface area contributed by atoms with Crippen LogP contribution in [0.3, 0.4) is 0 Å². The molecular formula is C9H7ClO3. The third-order valence-electron chi connectivity index (χ3n) is 2.15. The summed E-state index contributed by atoms with van der Waals surface area (Å²) in [5, 5.41) is 0.598. The first kappa shape index (κ1) is 7.47. The fourth-order valence-electron chi connectivity index (χ4n) is 1.41. The molecule has 2 heterocycles. The van der Waals surface area contributed by atoms with Crippen LogP contribution in [0, 0.1) is 0 Å². The highest BCUT2D eigenvalue weighted by Gasteiger charge is 2.28. The van der Waals surface area contributed by atoms with Gasteiger partial charge in [0.25, 0.3) is 0 Å². The number of hydrogen-bond acceptors (Lipinski definition) is 3. The molecule has 68 valence electrons. The van der Waals surface area contributed by atoms with Crippen LogP contribution in [-0.2, 0) is 4.74 Å². The maximum atomic E-state index is 5.99. The molecular weight excluding hydrogens is 192 g/mol. The second-order valence-electron chi connectivity index (χ2n) is 3.06. The lowest BCUT2D eigenvalue weighted by Gasteiger charge is -2.01. The van der Waals surface area contributed by atoms with Crippen molar-refractivity contribution in [1.29, 1.82) is 0 Å². The van der Waals surface area contributed by atoms with Crippen LogP contribution < -0.4 is 9.47 Å². The van der Waals surface area contributed by atoms with E-state index in [-0.39, 0.29) is 12.9 Å². The molecule has 0 saturated carbocycles. The molecule has 1 saturated heterocycles. The normalized spacial score (nSPS) is 23.3. The van der Waals surface area contributed by atoms with E-state index in [9.17, 15) is 0 Å². The molecule has 1 aromatic rings. The Morgan fingerprint density at radius 2 is 2.15 bits per heavy atom. The first-order valence-corrected chi connectivity index (χ1v) is 4.43. The predicted molar refractivity (Wildman–Crippen MR) is 46.3 cm³/mol. The maximum absolute atomic E-state index is 5.99. The number of epoxide rings is 1. The monoisotopic (exact) mass is 198 g/mol. The molecule has 0 N–H and O–H groups in total. The van der Waals surface area contributed by atoms with E-state index in [2.05, 4.69) is 0 Å². The van der Waals surface area contributed by atoms with Crippen molar-refractivity contribution in [2.45, 2.75) is 6.10 Å². The third-order valence-corrected chi connectivity index (χ3v) is 2.44. The van der Waals surface area contributed by atoms with Crippen LogP contribution in [0.1, 0.15) is 11.7 Å². The van der Waals surface area contributed by atoms with Gasteiger partial charge in [-0.15, -0.1) is 0 Å². The maximum Gasteiger partial charge on any atom is 0.231 e. The molecule has 0 unspecified atom stereocenters. The van der Waals surface area contributed by atoms with E-state index < -0.39 is 0 Å². The average Bonchev–Trinajstić information content (AvgIpc) is 2.85. The average molecular weight is 199 g/mol. The number of halogens is 1. The summed E-state index contributed by atoms with van der Waals surface area (Å²) in [5.74, 6) is 1.36. The summed E-state index contributed by atoms with van der Waals surface area (Å²) in [6.07, 6.45) is 0.201. The van der Waals surface area contributed by atoms with Crippen molar-refractivity contribution < 1.29 is 14.2 Å². The minimum Gasteiger partial charge on any atom is -0.454 e. The summed E-state index contributed by atoms with van der Waals surface area (Å²) < 4.78 is 15.6. The number of fused-ring (bicyclic) bond motifs is 1. The second-order valence-corrected chi connectivity index (χ2v) is 3.47. The van der Waals surface area contributed by atoms with Gasteiger partial charge < -0.3 is 14.2 Å². The van der Waals surface area contributed by atoms with Crippen LogP contribution in [0.25, 0.3) is 0 Å². The van der Waals surface area contributed by atoms with Crippen LogP contribution in [0.15, 0.2) is 12.1 Å². The van der Waals surface area contributed by atoms with Gasteiger partial charge in [-0.2, -0.15) is 0 Å². The second kappa shape index (κ2) is 2.53. The summed E-state index contributed by atoms with van der Waals surface area (Å²) in [6, 6.07) is 3.79. The van der Waals surface area contributed by atoms with Gasteiger partial charge in [0.2, 0.25) is 6.79 Å². The van der Waals surface area contributed by atoms with E-state index in [0.717, 1.165) is 17.9 Å². The van der Waals surface area contributed by atoms with Crippen LogP contribution in [0.4, 0.5) is 0 Å². The Balaban J connectivity index is 2.10. The molecule has 4 heteroatoms. The molecule has 0 aromatic heterocycles. The minimum atomic E-state index is 0.201. The van der Waals surface area contributed by atoms with Crippen molar-refractivity contribution in [3.05, 3.63) is 22.7 Å². The summed E-state index contributed by atoms with van der Waals surface area (Å²) in [4.78, 5) is 0. The quantitative estimate of drug-likeness (QED) is 0.648. The highest BCUT2D eigenvalue weighted by atomic mass is 35.5. The van der Waals surface area contributed by atoms with Gasteiger partial charge in [-0.1, -0.05) is 11.6 Å². The van der Waals surface area contributed by atoms with Crippen LogP contribution in [-0.4, -0.2) is 13.4 Å². The zero-order valence-electron chi connectivity index (χ0n) is 6.75. The van der Waals surface area contributed by atoms with Crippen molar-refractivity contribution in [1.82, 2.24) is 0 Å². The molecule has 2 aliphatic rings. The Bertz CT molecular complexity index is 360. The lowest BCUT2D eigenvalue weighted by molar-refractivity contribution is 0.174. The highest BCUT2D eigenvalue weighted by molar-refractivity contribution is 6.32. The largest absolute Gasteiger partial charge is 0.454 e. The zero-order chi connectivity index (χ0) is 8.84. The van der Waals surface area contributed by atoms with Crippen LogP contribution >= 0.6 is 11.6 Å².